The highest BCUT2D eigenvalue weighted by Crippen LogP contribution is 2.31. The van der Waals surface area contributed by atoms with E-state index in [0.717, 1.165) is 11.8 Å². The van der Waals surface area contributed by atoms with Crippen molar-refractivity contribution in [3.05, 3.63) is 41.7 Å². The zero-order valence-corrected chi connectivity index (χ0v) is 13.4. The molecular formula is C15H19F2N3S. The van der Waals surface area contributed by atoms with Crippen molar-refractivity contribution in [3.63, 3.8) is 0 Å². The summed E-state index contributed by atoms with van der Waals surface area (Å²) in [6, 6.07) is 2.74. The number of hydrogen-bond donors (Lipinski definition) is 1. The number of hydrogen-bond acceptors (Lipinski definition) is 3. The third kappa shape index (κ3) is 4.28. The predicted octanol–water partition coefficient (Wildman–Crippen LogP) is 3.74. The lowest BCUT2D eigenvalue weighted by molar-refractivity contribution is 0.422. The van der Waals surface area contributed by atoms with Crippen LogP contribution in [0.2, 0.25) is 0 Å². The molecule has 0 aliphatic carbocycles. The second-order valence-corrected chi connectivity index (χ2v) is 6.89. The van der Waals surface area contributed by atoms with E-state index in [0.29, 0.717) is 17.3 Å². The number of nitrogens with zero attached hydrogens (tertiary/aromatic N) is 2. The van der Waals surface area contributed by atoms with Crippen LogP contribution in [-0.2, 0) is 13.6 Å². The Balaban J connectivity index is 2.19. The zero-order chi connectivity index (χ0) is 15.6. The molecule has 114 valence electrons. The summed E-state index contributed by atoms with van der Waals surface area (Å²) in [6.07, 6.45) is 3.33. The molecule has 0 aliphatic rings. The van der Waals surface area contributed by atoms with Gasteiger partial charge in [0.1, 0.15) is 11.6 Å². The van der Waals surface area contributed by atoms with Crippen LogP contribution in [-0.4, -0.2) is 15.1 Å². The Hall–Kier alpha value is -1.40. The van der Waals surface area contributed by atoms with Gasteiger partial charge >= 0.3 is 0 Å². The average Bonchev–Trinajstić information content (AvgIpc) is 2.76. The maximum absolute atomic E-state index is 14.1. The molecule has 0 atom stereocenters. The van der Waals surface area contributed by atoms with Crippen LogP contribution in [0.5, 0.6) is 0 Å². The first-order chi connectivity index (χ1) is 9.76. The second-order valence-electron chi connectivity index (χ2n) is 5.91. The van der Waals surface area contributed by atoms with Crippen molar-refractivity contribution in [2.45, 2.75) is 42.9 Å². The van der Waals surface area contributed by atoms with Crippen molar-refractivity contribution in [2.75, 3.05) is 0 Å². The van der Waals surface area contributed by atoms with E-state index in [9.17, 15) is 8.78 Å². The summed E-state index contributed by atoms with van der Waals surface area (Å²) in [7, 11) is 1.78. The van der Waals surface area contributed by atoms with Crippen LogP contribution >= 0.6 is 11.8 Å². The van der Waals surface area contributed by atoms with E-state index in [1.54, 1.807) is 24.0 Å². The van der Waals surface area contributed by atoms with E-state index in [1.165, 1.54) is 12.1 Å². The van der Waals surface area contributed by atoms with Gasteiger partial charge < -0.3 is 9.88 Å². The lowest BCUT2D eigenvalue weighted by Gasteiger charge is -2.20. The van der Waals surface area contributed by atoms with Crippen LogP contribution in [0.4, 0.5) is 8.78 Å². The number of nitrogens with one attached hydrogen (secondary N) is 1. The summed E-state index contributed by atoms with van der Waals surface area (Å²) in [5, 5.41) is 3.76. The van der Waals surface area contributed by atoms with Crippen LogP contribution < -0.4 is 5.32 Å². The number of halogens is 2. The van der Waals surface area contributed by atoms with Crippen LogP contribution in [0.1, 0.15) is 26.3 Å². The molecule has 2 aromatic rings. The maximum atomic E-state index is 14.1. The van der Waals surface area contributed by atoms with E-state index in [4.69, 9.17) is 0 Å². The van der Waals surface area contributed by atoms with Gasteiger partial charge in [-0.05, 0) is 50.2 Å². The number of aryl methyl sites for hydroxylation is 1. The van der Waals surface area contributed by atoms with Crippen LogP contribution in [0.25, 0.3) is 0 Å². The summed E-state index contributed by atoms with van der Waals surface area (Å²) >= 11 is 0.988. The molecule has 0 aliphatic heterocycles. The Bertz CT molecular complexity index is 609. The molecule has 1 heterocycles. The number of imidazole rings is 1. The molecule has 0 spiro atoms. The van der Waals surface area contributed by atoms with E-state index >= 15 is 0 Å². The maximum Gasteiger partial charge on any atom is 0.172 e. The summed E-state index contributed by atoms with van der Waals surface area (Å²) in [5.74, 6) is -1.12. The standard InChI is InChI=1S/C15H19F2N3S/c1-15(2,3)19-9-10-7-11(16)13(12(17)8-10)21-14-18-5-6-20(14)4/h5-8,19H,9H2,1-4H3. The second kappa shape index (κ2) is 6.15. The lowest BCUT2D eigenvalue weighted by Crippen LogP contribution is -2.35. The van der Waals surface area contributed by atoms with Gasteiger partial charge in [0, 0.05) is 31.5 Å². The van der Waals surface area contributed by atoms with Crippen molar-refractivity contribution >= 4 is 11.8 Å². The highest BCUT2D eigenvalue weighted by atomic mass is 32.2. The number of benzene rings is 1. The topological polar surface area (TPSA) is 29.9 Å². The Morgan fingerprint density at radius 1 is 1.24 bits per heavy atom. The number of rotatable bonds is 4. The SMILES string of the molecule is Cn1ccnc1Sc1c(F)cc(CNC(C)(C)C)cc1F. The molecule has 6 heteroatoms. The Kier molecular flexibility index (Phi) is 4.68. The molecule has 3 nitrogen and oxygen atoms in total. The largest absolute Gasteiger partial charge is 0.329 e. The molecule has 1 N–H and O–H groups in total. The summed E-state index contributed by atoms with van der Waals surface area (Å²) in [4.78, 5) is 4.04. The minimum absolute atomic E-state index is 0.0243. The smallest absolute Gasteiger partial charge is 0.172 e. The van der Waals surface area contributed by atoms with Crippen molar-refractivity contribution in [1.29, 1.82) is 0 Å². The van der Waals surface area contributed by atoms with Crippen molar-refractivity contribution < 1.29 is 8.78 Å². The first-order valence-electron chi connectivity index (χ1n) is 6.64. The molecule has 0 saturated carbocycles. The molecule has 0 amide bonds. The predicted molar refractivity (Wildman–Crippen MR) is 80.3 cm³/mol. The zero-order valence-electron chi connectivity index (χ0n) is 12.6. The molecular weight excluding hydrogens is 292 g/mol. The molecule has 1 aromatic carbocycles. The quantitative estimate of drug-likeness (QED) is 0.933. The Morgan fingerprint density at radius 2 is 1.86 bits per heavy atom. The minimum Gasteiger partial charge on any atom is -0.329 e. The fourth-order valence-electron chi connectivity index (χ4n) is 1.72. The van der Waals surface area contributed by atoms with Gasteiger partial charge in [-0.25, -0.2) is 13.8 Å². The van der Waals surface area contributed by atoms with Gasteiger partial charge in [0.15, 0.2) is 5.16 Å². The first kappa shape index (κ1) is 16.0. The fraction of sp³-hybridized carbons (Fsp3) is 0.400. The average molecular weight is 311 g/mol. The lowest BCUT2D eigenvalue weighted by atomic mass is 10.1. The van der Waals surface area contributed by atoms with Crippen LogP contribution in [0, 0.1) is 11.6 Å². The Labute approximate surface area is 127 Å². The van der Waals surface area contributed by atoms with E-state index in [-0.39, 0.29) is 10.4 Å². The Morgan fingerprint density at radius 3 is 2.33 bits per heavy atom. The molecule has 0 bridgehead atoms. The van der Waals surface area contributed by atoms with E-state index < -0.39 is 11.6 Å². The third-order valence-corrected chi connectivity index (χ3v) is 4.02. The van der Waals surface area contributed by atoms with Crippen LogP contribution in [0.15, 0.2) is 34.6 Å². The van der Waals surface area contributed by atoms with Crippen molar-refractivity contribution in [1.82, 2.24) is 14.9 Å². The fourth-order valence-corrected chi connectivity index (χ4v) is 2.53. The highest BCUT2D eigenvalue weighted by molar-refractivity contribution is 7.99. The third-order valence-electron chi connectivity index (χ3n) is 2.85. The van der Waals surface area contributed by atoms with Crippen LogP contribution in [0.3, 0.4) is 0 Å². The molecule has 1 aromatic heterocycles. The van der Waals surface area contributed by atoms with Gasteiger partial charge in [0.2, 0.25) is 0 Å². The van der Waals surface area contributed by atoms with Gasteiger partial charge in [-0.15, -0.1) is 0 Å². The van der Waals surface area contributed by atoms with Crippen molar-refractivity contribution in [2.24, 2.45) is 7.05 Å². The molecule has 2 rings (SSSR count). The summed E-state index contributed by atoms with van der Waals surface area (Å²) in [6.45, 7) is 6.44. The number of aromatic nitrogens is 2. The first-order valence-corrected chi connectivity index (χ1v) is 7.46. The highest BCUT2D eigenvalue weighted by Gasteiger charge is 2.16. The van der Waals surface area contributed by atoms with Gasteiger partial charge in [0.25, 0.3) is 0 Å². The monoisotopic (exact) mass is 311 g/mol. The van der Waals surface area contributed by atoms with Gasteiger partial charge in [-0.3, -0.25) is 0 Å². The molecule has 0 radical (unpaired) electrons. The minimum atomic E-state index is -0.561. The molecule has 21 heavy (non-hydrogen) atoms. The summed E-state index contributed by atoms with van der Waals surface area (Å²) in [5.41, 5.74) is 0.483. The summed E-state index contributed by atoms with van der Waals surface area (Å²) < 4.78 is 30.0. The van der Waals surface area contributed by atoms with Gasteiger partial charge in [0.05, 0.1) is 4.90 Å². The normalized spacial score (nSPS) is 11.9. The van der Waals surface area contributed by atoms with E-state index in [1.807, 2.05) is 20.8 Å². The van der Waals surface area contributed by atoms with Crippen molar-refractivity contribution in [3.8, 4) is 0 Å². The molecule has 0 fully saturated rings. The molecule has 0 unspecified atom stereocenters. The van der Waals surface area contributed by atoms with E-state index in [2.05, 4.69) is 10.3 Å². The van der Waals surface area contributed by atoms with Gasteiger partial charge in [-0.2, -0.15) is 0 Å². The molecule has 0 saturated heterocycles. The van der Waals surface area contributed by atoms with Gasteiger partial charge in [-0.1, -0.05) is 0 Å².